The lowest BCUT2D eigenvalue weighted by Crippen LogP contribution is -2.27. The molecule has 0 atom stereocenters. The summed E-state index contributed by atoms with van der Waals surface area (Å²) in [4.78, 5) is 12.3. The van der Waals surface area contributed by atoms with Crippen molar-refractivity contribution in [3.8, 4) is 11.4 Å². The molecule has 1 heterocycles. The van der Waals surface area contributed by atoms with E-state index < -0.39 is 0 Å². The number of hydrogen-bond acceptors (Lipinski definition) is 3. The highest BCUT2D eigenvalue weighted by molar-refractivity contribution is 5.67. The Morgan fingerprint density at radius 2 is 1.46 bits per heavy atom. The summed E-state index contributed by atoms with van der Waals surface area (Å²) >= 11 is 0. The quantitative estimate of drug-likeness (QED) is 0.695. The van der Waals surface area contributed by atoms with Crippen LogP contribution in [0.4, 0.5) is 5.69 Å². The van der Waals surface area contributed by atoms with Crippen LogP contribution >= 0.6 is 0 Å². The van der Waals surface area contributed by atoms with E-state index in [1.807, 2.05) is 0 Å². The van der Waals surface area contributed by atoms with Gasteiger partial charge < -0.3 is 4.90 Å². The molecule has 0 spiro atoms. The minimum absolute atomic E-state index is 0.872. The number of nitrogens with zero attached hydrogens (tertiary/aromatic N) is 3. The highest BCUT2D eigenvalue weighted by Crippen LogP contribution is 2.30. The van der Waals surface area contributed by atoms with Crippen molar-refractivity contribution in [2.45, 2.75) is 60.8 Å². The number of rotatable bonds is 7. The molecular formula is C21H31N3. The van der Waals surface area contributed by atoms with Gasteiger partial charge in [-0.2, -0.15) is 0 Å². The van der Waals surface area contributed by atoms with E-state index in [4.69, 9.17) is 9.97 Å². The zero-order chi connectivity index (χ0) is 17.7. The van der Waals surface area contributed by atoms with Crippen LogP contribution in [0.2, 0.25) is 0 Å². The molecule has 0 aliphatic rings. The van der Waals surface area contributed by atoms with Gasteiger partial charge in [-0.25, -0.2) is 9.97 Å². The van der Waals surface area contributed by atoms with Crippen LogP contribution in [0, 0.1) is 20.8 Å². The molecule has 3 nitrogen and oxygen atoms in total. The van der Waals surface area contributed by atoms with E-state index in [0.29, 0.717) is 0 Å². The fourth-order valence-corrected chi connectivity index (χ4v) is 3.44. The van der Waals surface area contributed by atoms with Gasteiger partial charge in [-0.05, 0) is 51.2 Å². The summed E-state index contributed by atoms with van der Waals surface area (Å²) in [5.74, 6) is 0.872. The van der Waals surface area contributed by atoms with Gasteiger partial charge >= 0.3 is 0 Å². The molecular weight excluding hydrogens is 294 g/mol. The maximum Gasteiger partial charge on any atom is 0.160 e. The van der Waals surface area contributed by atoms with E-state index >= 15 is 0 Å². The number of aromatic nitrogens is 2. The molecule has 2 aromatic rings. The fourth-order valence-electron chi connectivity index (χ4n) is 3.44. The number of anilines is 1. The zero-order valence-electron chi connectivity index (χ0n) is 16.1. The molecule has 1 aromatic heterocycles. The molecule has 0 bridgehead atoms. The van der Waals surface area contributed by atoms with Gasteiger partial charge in [0.2, 0.25) is 0 Å². The van der Waals surface area contributed by atoms with E-state index in [9.17, 15) is 0 Å². The first kappa shape index (κ1) is 18.4. The molecule has 0 aliphatic carbocycles. The van der Waals surface area contributed by atoms with Crippen molar-refractivity contribution in [3.05, 3.63) is 40.7 Å². The maximum atomic E-state index is 4.98. The first-order valence-electron chi connectivity index (χ1n) is 9.22. The first-order chi connectivity index (χ1) is 11.5. The Labute approximate surface area is 147 Å². The monoisotopic (exact) mass is 325 g/mol. The van der Waals surface area contributed by atoms with E-state index in [1.165, 1.54) is 28.1 Å². The molecule has 0 aliphatic heterocycles. The molecule has 3 heteroatoms. The van der Waals surface area contributed by atoms with Gasteiger partial charge in [0.1, 0.15) is 0 Å². The Balaban J connectivity index is 2.58. The second kappa shape index (κ2) is 8.27. The third-order valence-corrected chi connectivity index (χ3v) is 4.47. The molecule has 0 N–H and O–H groups in total. The van der Waals surface area contributed by atoms with Crippen molar-refractivity contribution in [2.24, 2.45) is 0 Å². The van der Waals surface area contributed by atoms with Gasteiger partial charge in [-0.3, -0.25) is 0 Å². The number of benzene rings is 1. The van der Waals surface area contributed by atoms with Gasteiger partial charge in [-0.1, -0.05) is 39.0 Å². The van der Waals surface area contributed by atoms with Gasteiger partial charge in [0.05, 0.1) is 17.1 Å². The van der Waals surface area contributed by atoms with Crippen molar-refractivity contribution < 1.29 is 0 Å². The van der Waals surface area contributed by atoms with Gasteiger partial charge in [0.15, 0.2) is 5.82 Å². The minimum atomic E-state index is 0.872. The summed E-state index contributed by atoms with van der Waals surface area (Å²) < 4.78 is 0. The molecule has 24 heavy (non-hydrogen) atoms. The van der Waals surface area contributed by atoms with Gasteiger partial charge in [0, 0.05) is 18.7 Å². The lowest BCUT2D eigenvalue weighted by Gasteiger charge is -2.27. The van der Waals surface area contributed by atoms with Crippen LogP contribution < -0.4 is 4.90 Å². The topological polar surface area (TPSA) is 29.0 Å². The summed E-state index contributed by atoms with van der Waals surface area (Å²) in [6.07, 6.45) is 3.21. The summed E-state index contributed by atoms with van der Waals surface area (Å²) in [5.41, 5.74) is 7.17. The minimum Gasteiger partial charge on any atom is -0.369 e. The standard InChI is InChI=1S/C21H31N3/c1-7-13-24(14-8-2)20-17(6)22-21(23-18(20)9-3)19-15(4)11-10-12-16(19)5/h10-12H,7-9,13-14H2,1-6H3. The maximum absolute atomic E-state index is 4.98. The van der Waals surface area contributed by atoms with Crippen LogP contribution in [0.5, 0.6) is 0 Å². The van der Waals surface area contributed by atoms with Crippen molar-refractivity contribution in [1.82, 2.24) is 9.97 Å². The zero-order valence-corrected chi connectivity index (χ0v) is 16.1. The fraction of sp³-hybridized carbons (Fsp3) is 0.524. The van der Waals surface area contributed by atoms with Crippen molar-refractivity contribution in [2.75, 3.05) is 18.0 Å². The molecule has 0 saturated carbocycles. The largest absolute Gasteiger partial charge is 0.369 e. The Bertz CT molecular complexity index is 665. The van der Waals surface area contributed by atoms with E-state index in [-0.39, 0.29) is 0 Å². The summed E-state index contributed by atoms with van der Waals surface area (Å²) in [6.45, 7) is 15.2. The van der Waals surface area contributed by atoms with Crippen molar-refractivity contribution in [1.29, 1.82) is 0 Å². The lowest BCUT2D eigenvalue weighted by molar-refractivity contribution is 0.730. The van der Waals surface area contributed by atoms with Crippen molar-refractivity contribution in [3.63, 3.8) is 0 Å². The van der Waals surface area contributed by atoms with Crippen LogP contribution in [0.15, 0.2) is 18.2 Å². The normalized spacial score (nSPS) is 10.9. The third-order valence-electron chi connectivity index (χ3n) is 4.47. The highest BCUT2D eigenvalue weighted by Gasteiger charge is 2.18. The van der Waals surface area contributed by atoms with E-state index in [2.05, 4.69) is 64.6 Å². The molecule has 130 valence electrons. The smallest absolute Gasteiger partial charge is 0.160 e. The molecule has 0 saturated heterocycles. The van der Waals surface area contributed by atoms with Crippen LogP contribution in [0.25, 0.3) is 11.4 Å². The average Bonchev–Trinajstić information content (AvgIpc) is 2.54. The van der Waals surface area contributed by atoms with Crippen LogP contribution in [0.3, 0.4) is 0 Å². The molecule has 0 fully saturated rings. The summed E-state index contributed by atoms with van der Waals surface area (Å²) in [6, 6.07) is 6.38. The predicted octanol–water partition coefficient (Wildman–Crippen LogP) is 5.26. The second-order valence-electron chi connectivity index (χ2n) is 6.54. The van der Waals surface area contributed by atoms with Gasteiger partial charge in [0.25, 0.3) is 0 Å². The second-order valence-corrected chi connectivity index (χ2v) is 6.54. The van der Waals surface area contributed by atoms with E-state index in [1.54, 1.807) is 0 Å². The Kier molecular flexibility index (Phi) is 6.36. The van der Waals surface area contributed by atoms with Crippen LogP contribution in [0.1, 0.15) is 56.1 Å². The first-order valence-corrected chi connectivity index (χ1v) is 9.22. The molecule has 2 rings (SSSR count). The number of aryl methyl sites for hydroxylation is 4. The van der Waals surface area contributed by atoms with Crippen LogP contribution in [-0.4, -0.2) is 23.1 Å². The average molecular weight is 326 g/mol. The van der Waals surface area contributed by atoms with Crippen LogP contribution in [-0.2, 0) is 6.42 Å². The predicted molar refractivity (Wildman–Crippen MR) is 104 cm³/mol. The van der Waals surface area contributed by atoms with Gasteiger partial charge in [-0.15, -0.1) is 0 Å². The highest BCUT2D eigenvalue weighted by atomic mass is 15.2. The molecule has 0 amide bonds. The molecule has 0 unspecified atom stereocenters. The Morgan fingerprint density at radius 3 is 1.96 bits per heavy atom. The Hall–Kier alpha value is -1.90. The Morgan fingerprint density at radius 1 is 0.875 bits per heavy atom. The van der Waals surface area contributed by atoms with Crippen molar-refractivity contribution >= 4 is 5.69 Å². The summed E-state index contributed by atoms with van der Waals surface area (Å²) in [5, 5.41) is 0. The number of hydrogen-bond donors (Lipinski definition) is 0. The third kappa shape index (κ3) is 3.77. The van der Waals surface area contributed by atoms with E-state index in [0.717, 1.165) is 43.9 Å². The summed E-state index contributed by atoms with van der Waals surface area (Å²) in [7, 11) is 0. The lowest BCUT2D eigenvalue weighted by atomic mass is 10.0. The SMILES string of the molecule is CCCN(CCC)c1c(C)nc(-c2c(C)cccc2C)nc1CC. The molecule has 0 radical (unpaired) electrons. The molecule has 1 aromatic carbocycles.